The standard InChI is InChI=1S/C22H28F2N6O2/c1-13(31)30-5-3-19(28-16-4-6-32-12-16)17(11-30)22(26)29-20-8-14(7-18(23)21(20)24)15(9-25)10-27-2/h7-10,16,25,27-28H,3-6,11-12H2,1-2H3,(H2,26,29)/b15-10+,25-9?. The molecule has 0 bridgehead atoms. The Hall–Kier alpha value is -3.27. The van der Waals surface area contributed by atoms with Crippen LogP contribution in [-0.2, 0) is 9.53 Å². The van der Waals surface area contributed by atoms with E-state index >= 15 is 0 Å². The monoisotopic (exact) mass is 446 g/mol. The van der Waals surface area contributed by atoms with E-state index in [1.807, 2.05) is 0 Å². The zero-order chi connectivity index (χ0) is 23.3. The third-order valence-corrected chi connectivity index (χ3v) is 5.48. The normalized spacial score (nSPS) is 19.1. The summed E-state index contributed by atoms with van der Waals surface area (Å²) in [6.07, 6.45) is 3.88. The van der Waals surface area contributed by atoms with E-state index in [4.69, 9.17) is 15.6 Å². The van der Waals surface area contributed by atoms with Crippen LogP contribution in [-0.4, -0.2) is 62.3 Å². The minimum atomic E-state index is -1.12. The van der Waals surface area contributed by atoms with Gasteiger partial charge < -0.3 is 31.0 Å². The van der Waals surface area contributed by atoms with E-state index < -0.39 is 11.6 Å². The fourth-order valence-corrected chi connectivity index (χ4v) is 3.74. The highest BCUT2D eigenvalue weighted by molar-refractivity contribution is 6.10. The number of hydrogen-bond acceptors (Lipinski definition) is 6. The van der Waals surface area contributed by atoms with Crippen molar-refractivity contribution in [2.24, 2.45) is 0 Å². The fraction of sp³-hybridized carbons (Fsp3) is 0.409. The minimum absolute atomic E-state index is 0.107. The van der Waals surface area contributed by atoms with E-state index in [0.29, 0.717) is 37.3 Å². The summed E-state index contributed by atoms with van der Waals surface area (Å²) in [6.45, 7) is 3.37. The summed E-state index contributed by atoms with van der Waals surface area (Å²) >= 11 is 0. The molecule has 0 saturated carbocycles. The van der Waals surface area contributed by atoms with Crippen LogP contribution in [0.5, 0.6) is 0 Å². The Morgan fingerprint density at radius 1 is 1.34 bits per heavy atom. The van der Waals surface area contributed by atoms with Crippen LogP contribution in [0.2, 0.25) is 0 Å². The molecule has 0 radical (unpaired) electrons. The first-order valence-corrected chi connectivity index (χ1v) is 10.4. The zero-order valence-corrected chi connectivity index (χ0v) is 18.1. The van der Waals surface area contributed by atoms with Crippen LogP contribution in [0.25, 0.3) is 5.57 Å². The summed E-state index contributed by atoms with van der Waals surface area (Å²) in [7, 11) is 1.64. The van der Waals surface area contributed by atoms with Gasteiger partial charge in [0.05, 0.1) is 24.9 Å². The van der Waals surface area contributed by atoms with Crippen molar-refractivity contribution in [1.29, 1.82) is 10.8 Å². The van der Waals surface area contributed by atoms with Crippen molar-refractivity contribution < 1.29 is 18.3 Å². The molecule has 1 amide bonds. The summed E-state index contributed by atoms with van der Waals surface area (Å²) in [4.78, 5) is 13.5. The number of nitrogens with one attached hydrogen (secondary N) is 5. The molecule has 3 rings (SSSR count). The molecule has 172 valence electrons. The maximum Gasteiger partial charge on any atom is 0.219 e. The molecular formula is C22H28F2N6O2. The number of allylic oxidation sites excluding steroid dienone is 1. The largest absolute Gasteiger partial charge is 0.393 e. The number of carbonyl (C=O) groups is 1. The number of amides is 1. The maximum absolute atomic E-state index is 14.6. The molecule has 1 saturated heterocycles. The van der Waals surface area contributed by atoms with E-state index in [0.717, 1.165) is 24.4 Å². The maximum atomic E-state index is 14.6. The molecule has 1 aromatic rings. The molecule has 8 nitrogen and oxygen atoms in total. The van der Waals surface area contributed by atoms with Gasteiger partial charge in [-0.15, -0.1) is 0 Å². The number of anilines is 1. The van der Waals surface area contributed by atoms with Crippen LogP contribution in [0.3, 0.4) is 0 Å². The second kappa shape index (κ2) is 10.4. The smallest absolute Gasteiger partial charge is 0.219 e. The van der Waals surface area contributed by atoms with Gasteiger partial charge in [0, 0.05) is 62.8 Å². The number of rotatable bonds is 7. The van der Waals surface area contributed by atoms with Gasteiger partial charge >= 0.3 is 0 Å². The van der Waals surface area contributed by atoms with Gasteiger partial charge in [0.15, 0.2) is 11.6 Å². The summed E-state index contributed by atoms with van der Waals surface area (Å²) in [5.41, 5.74) is 1.73. The molecule has 0 aromatic heterocycles. The lowest BCUT2D eigenvalue weighted by Crippen LogP contribution is -2.42. The second-order valence-electron chi connectivity index (χ2n) is 7.70. The van der Waals surface area contributed by atoms with Gasteiger partial charge in [-0.3, -0.25) is 10.2 Å². The lowest BCUT2D eigenvalue weighted by molar-refractivity contribution is -0.128. The Morgan fingerprint density at radius 3 is 2.75 bits per heavy atom. The van der Waals surface area contributed by atoms with Crippen molar-refractivity contribution in [1.82, 2.24) is 15.5 Å². The summed E-state index contributed by atoms with van der Waals surface area (Å²) in [6, 6.07) is 2.46. The quantitative estimate of drug-likeness (QED) is 0.326. The second-order valence-corrected chi connectivity index (χ2v) is 7.70. The predicted molar refractivity (Wildman–Crippen MR) is 120 cm³/mol. The number of amidine groups is 1. The van der Waals surface area contributed by atoms with Crippen molar-refractivity contribution in [3.8, 4) is 0 Å². The minimum Gasteiger partial charge on any atom is -0.393 e. The molecule has 0 aliphatic carbocycles. The average Bonchev–Trinajstić information content (AvgIpc) is 3.28. The predicted octanol–water partition coefficient (Wildman–Crippen LogP) is 2.45. The third kappa shape index (κ3) is 5.31. The number of carbonyl (C=O) groups excluding carboxylic acids is 1. The highest BCUT2D eigenvalue weighted by Gasteiger charge is 2.27. The van der Waals surface area contributed by atoms with Crippen LogP contribution in [0.4, 0.5) is 14.5 Å². The van der Waals surface area contributed by atoms with Crippen LogP contribution in [0.1, 0.15) is 25.3 Å². The first kappa shape index (κ1) is 23.4. The van der Waals surface area contributed by atoms with Crippen molar-refractivity contribution in [2.75, 3.05) is 38.7 Å². The van der Waals surface area contributed by atoms with E-state index in [1.165, 1.54) is 19.2 Å². The van der Waals surface area contributed by atoms with E-state index in [9.17, 15) is 13.6 Å². The number of ether oxygens (including phenoxy) is 1. The molecule has 2 aliphatic heterocycles. The number of nitrogens with zero attached hydrogens (tertiary/aromatic N) is 1. The van der Waals surface area contributed by atoms with Crippen LogP contribution in [0.15, 0.2) is 29.6 Å². The lowest BCUT2D eigenvalue weighted by atomic mass is 10.0. The first-order chi connectivity index (χ1) is 15.3. The van der Waals surface area contributed by atoms with Gasteiger partial charge in [-0.05, 0) is 24.1 Å². The molecule has 5 N–H and O–H groups in total. The highest BCUT2D eigenvalue weighted by Crippen LogP contribution is 2.26. The summed E-state index contributed by atoms with van der Waals surface area (Å²) in [5.74, 6) is -2.45. The Morgan fingerprint density at radius 2 is 2.12 bits per heavy atom. The van der Waals surface area contributed by atoms with Crippen molar-refractivity contribution >= 4 is 29.2 Å². The zero-order valence-electron chi connectivity index (χ0n) is 18.1. The Balaban J connectivity index is 1.92. The van der Waals surface area contributed by atoms with Gasteiger partial charge in [-0.25, -0.2) is 8.78 Å². The first-order valence-electron chi connectivity index (χ1n) is 10.4. The molecule has 2 heterocycles. The SMILES string of the molecule is CN/C=C(\C=N)c1cc(F)c(F)c(NC(=N)C2=C(NC3CCOC3)CCN(C(C)=O)C2)c1. The van der Waals surface area contributed by atoms with Gasteiger partial charge in [-0.2, -0.15) is 0 Å². The Kier molecular flexibility index (Phi) is 7.57. The molecule has 2 aliphatic rings. The van der Waals surface area contributed by atoms with Crippen molar-refractivity contribution in [3.63, 3.8) is 0 Å². The molecule has 1 aromatic carbocycles. The molecule has 10 heteroatoms. The molecule has 0 spiro atoms. The number of hydrogen-bond donors (Lipinski definition) is 5. The highest BCUT2D eigenvalue weighted by atomic mass is 19.2. The van der Waals surface area contributed by atoms with Crippen LogP contribution in [0, 0.1) is 22.5 Å². The Bertz CT molecular complexity index is 969. The topological polar surface area (TPSA) is 113 Å². The van der Waals surface area contributed by atoms with Gasteiger partial charge in [-0.1, -0.05) is 0 Å². The number of halogens is 2. The van der Waals surface area contributed by atoms with Crippen LogP contribution < -0.4 is 16.0 Å². The van der Waals surface area contributed by atoms with Crippen molar-refractivity contribution in [2.45, 2.75) is 25.8 Å². The van der Waals surface area contributed by atoms with E-state index in [2.05, 4.69) is 16.0 Å². The fourth-order valence-electron chi connectivity index (χ4n) is 3.74. The third-order valence-electron chi connectivity index (χ3n) is 5.48. The molecule has 1 atom stereocenters. The van der Waals surface area contributed by atoms with Gasteiger partial charge in [0.1, 0.15) is 5.84 Å². The lowest BCUT2D eigenvalue weighted by Gasteiger charge is -2.32. The molecule has 1 fully saturated rings. The summed E-state index contributed by atoms with van der Waals surface area (Å²) in [5, 5.41) is 24.9. The van der Waals surface area contributed by atoms with Gasteiger partial charge in [0.25, 0.3) is 0 Å². The Labute approximate surface area is 185 Å². The van der Waals surface area contributed by atoms with Gasteiger partial charge in [0.2, 0.25) is 5.91 Å². The summed E-state index contributed by atoms with van der Waals surface area (Å²) < 4.78 is 34.2. The molecule has 1 unspecified atom stereocenters. The van der Waals surface area contributed by atoms with Crippen molar-refractivity contribution in [3.05, 3.63) is 46.8 Å². The average molecular weight is 447 g/mol. The van der Waals surface area contributed by atoms with Crippen LogP contribution >= 0.6 is 0 Å². The molecular weight excluding hydrogens is 418 g/mol. The number of benzene rings is 1. The molecule has 32 heavy (non-hydrogen) atoms. The van der Waals surface area contributed by atoms with E-state index in [1.54, 1.807) is 11.9 Å². The van der Waals surface area contributed by atoms with E-state index in [-0.39, 0.29) is 35.6 Å².